The molecule has 0 saturated heterocycles. The van der Waals surface area contributed by atoms with Crippen molar-refractivity contribution in [3.63, 3.8) is 0 Å². The third kappa shape index (κ3) is 3.28. The van der Waals surface area contributed by atoms with Crippen LogP contribution in [-0.2, 0) is 6.61 Å². The minimum atomic E-state index is 0.267. The summed E-state index contributed by atoms with van der Waals surface area (Å²) in [4.78, 5) is 11.0. The zero-order chi connectivity index (χ0) is 13.8. The Kier molecular flexibility index (Phi) is 4.46. The lowest BCUT2D eigenvalue weighted by Crippen LogP contribution is -1.99. The Morgan fingerprint density at radius 2 is 2.00 bits per heavy atom. The fourth-order valence-corrected chi connectivity index (χ4v) is 2.08. The van der Waals surface area contributed by atoms with Crippen molar-refractivity contribution >= 4 is 29.5 Å². The van der Waals surface area contributed by atoms with Crippen molar-refractivity contribution in [2.24, 2.45) is 0 Å². The second-order valence-corrected chi connectivity index (χ2v) is 4.95. The molecular weight excluding hydrogens is 283 g/mol. The Morgan fingerprint density at radius 3 is 2.74 bits per heavy atom. The first-order valence-corrected chi connectivity index (χ1v) is 6.49. The standard InChI is InChI=1S/C15H12Cl2O2/c1-10-5-6-14(12(7-10)8-18)19-9-11-3-2-4-13(16)15(11)17/h2-8H,9H2,1H3. The molecule has 0 aliphatic carbocycles. The third-order valence-corrected chi connectivity index (χ3v) is 3.57. The van der Waals surface area contributed by atoms with Gasteiger partial charge in [0.05, 0.1) is 15.6 Å². The van der Waals surface area contributed by atoms with E-state index in [1.165, 1.54) is 0 Å². The lowest BCUT2D eigenvalue weighted by atomic mass is 10.1. The van der Waals surface area contributed by atoms with Crippen LogP contribution in [0.15, 0.2) is 36.4 Å². The van der Waals surface area contributed by atoms with Crippen LogP contribution in [0.2, 0.25) is 10.0 Å². The van der Waals surface area contributed by atoms with Gasteiger partial charge in [0.25, 0.3) is 0 Å². The molecule has 4 heteroatoms. The number of aldehydes is 1. The minimum absolute atomic E-state index is 0.267. The van der Waals surface area contributed by atoms with Gasteiger partial charge in [0.2, 0.25) is 0 Å². The van der Waals surface area contributed by atoms with E-state index in [2.05, 4.69) is 0 Å². The number of rotatable bonds is 4. The molecule has 2 aromatic carbocycles. The van der Waals surface area contributed by atoms with Gasteiger partial charge in [-0.05, 0) is 25.1 Å². The third-order valence-electron chi connectivity index (χ3n) is 2.71. The number of halogens is 2. The zero-order valence-electron chi connectivity index (χ0n) is 10.3. The second kappa shape index (κ2) is 6.09. The molecule has 98 valence electrons. The van der Waals surface area contributed by atoms with Gasteiger partial charge in [-0.15, -0.1) is 0 Å². The molecular formula is C15H12Cl2O2. The van der Waals surface area contributed by atoms with E-state index in [1.54, 1.807) is 18.2 Å². The zero-order valence-corrected chi connectivity index (χ0v) is 11.8. The topological polar surface area (TPSA) is 26.3 Å². The fourth-order valence-electron chi connectivity index (χ4n) is 1.71. The van der Waals surface area contributed by atoms with Gasteiger partial charge in [-0.3, -0.25) is 4.79 Å². The van der Waals surface area contributed by atoms with Gasteiger partial charge in [-0.2, -0.15) is 0 Å². The molecule has 0 saturated carbocycles. The molecule has 0 bridgehead atoms. The molecule has 0 atom stereocenters. The van der Waals surface area contributed by atoms with Crippen LogP contribution >= 0.6 is 23.2 Å². The maximum absolute atomic E-state index is 11.0. The molecule has 0 amide bonds. The van der Waals surface area contributed by atoms with Crippen LogP contribution in [-0.4, -0.2) is 6.29 Å². The average Bonchev–Trinajstić information content (AvgIpc) is 2.41. The van der Waals surface area contributed by atoms with Crippen LogP contribution < -0.4 is 4.74 Å². The molecule has 0 heterocycles. The minimum Gasteiger partial charge on any atom is -0.488 e. The van der Waals surface area contributed by atoms with Gasteiger partial charge in [-0.1, -0.05) is 47.0 Å². The second-order valence-electron chi connectivity index (χ2n) is 4.16. The van der Waals surface area contributed by atoms with E-state index in [0.29, 0.717) is 21.4 Å². The SMILES string of the molecule is Cc1ccc(OCc2cccc(Cl)c2Cl)c(C=O)c1. The summed E-state index contributed by atoms with van der Waals surface area (Å²) in [5.41, 5.74) is 2.32. The lowest BCUT2D eigenvalue weighted by molar-refractivity contribution is 0.111. The first-order chi connectivity index (χ1) is 9.11. The maximum atomic E-state index is 11.0. The Balaban J connectivity index is 2.19. The predicted molar refractivity (Wildman–Crippen MR) is 77.4 cm³/mol. The van der Waals surface area contributed by atoms with Gasteiger partial charge in [0.1, 0.15) is 12.4 Å². The quantitative estimate of drug-likeness (QED) is 0.765. The predicted octanol–water partition coefficient (Wildman–Crippen LogP) is 4.69. The van der Waals surface area contributed by atoms with Gasteiger partial charge < -0.3 is 4.74 Å². The average molecular weight is 295 g/mol. The highest BCUT2D eigenvalue weighted by molar-refractivity contribution is 6.42. The first kappa shape index (κ1) is 13.9. The normalized spacial score (nSPS) is 10.3. The van der Waals surface area contributed by atoms with Crippen LogP contribution in [0.25, 0.3) is 0 Å². The molecule has 0 unspecified atom stereocenters. The van der Waals surface area contributed by atoms with Crippen LogP contribution in [0.1, 0.15) is 21.5 Å². The summed E-state index contributed by atoms with van der Waals surface area (Å²) in [5, 5.41) is 0.964. The Bertz CT molecular complexity index is 609. The number of hydrogen-bond donors (Lipinski definition) is 0. The number of carbonyl (C=O) groups is 1. The van der Waals surface area contributed by atoms with E-state index in [4.69, 9.17) is 27.9 Å². The largest absolute Gasteiger partial charge is 0.488 e. The number of hydrogen-bond acceptors (Lipinski definition) is 2. The van der Waals surface area contributed by atoms with E-state index in [0.717, 1.165) is 17.4 Å². The highest BCUT2D eigenvalue weighted by Crippen LogP contribution is 2.27. The highest BCUT2D eigenvalue weighted by Gasteiger charge is 2.07. The van der Waals surface area contributed by atoms with Crippen LogP contribution in [0.4, 0.5) is 0 Å². The van der Waals surface area contributed by atoms with Crippen molar-refractivity contribution in [3.05, 3.63) is 63.1 Å². The van der Waals surface area contributed by atoms with Crippen molar-refractivity contribution in [2.45, 2.75) is 13.5 Å². The Hall–Kier alpha value is -1.51. The molecule has 0 aliphatic rings. The lowest BCUT2D eigenvalue weighted by Gasteiger charge is -2.10. The first-order valence-electron chi connectivity index (χ1n) is 5.73. The van der Waals surface area contributed by atoms with Gasteiger partial charge in [-0.25, -0.2) is 0 Å². The van der Waals surface area contributed by atoms with E-state index >= 15 is 0 Å². The van der Waals surface area contributed by atoms with Crippen molar-refractivity contribution < 1.29 is 9.53 Å². The van der Waals surface area contributed by atoms with Crippen LogP contribution in [0.3, 0.4) is 0 Å². The molecule has 0 N–H and O–H groups in total. The summed E-state index contributed by atoms with van der Waals surface area (Å²) in [7, 11) is 0. The van der Waals surface area contributed by atoms with Crippen molar-refractivity contribution in [1.29, 1.82) is 0 Å². The van der Waals surface area contributed by atoms with Crippen molar-refractivity contribution in [2.75, 3.05) is 0 Å². The van der Waals surface area contributed by atoms with E-state index in [9.17, 15) is 4.79 Å². The van der Waals surface area contributed by atoms with Gasteiger partial charge >= 0.3 is 0 Å². The fraction of sp³-hybridized carbons (Fsp3) is 0.133. The molecule has 0 aliphatic heterocycles. The van der Waals surface area contributed by atoms with Crippen LogP contribution in [0.5, 0.6) is 5.75 Å². The summed E-state index contributed by atoms with van der Waals surface area (Å²) in [6.45, 7) is 2.19. The number of benzene rings is 2. The molecule has 0 spiro atoms. The smallest absolute Gasteiger partial charge is 0.153 e. The van der Waals surface area contributed by atoms with Gasteiger partial charge in [0.15, 0.2) is 6.29 Å². The summed E-state index contributed by atoms with van der Waals surface area (Å²) in [6, 6.07) is 10.8. The van der Waals surface area contributed by atoms with E-state index in [-0.39, 0.29) is 6.61 Å². The van der Waals surface area contributed by atoms with Gasteiger partial charge in [0, 0.05) is 5.56 Å². The number of ether oxygens (including phenoxy) is 1. The summed E-state index contributed by atoms with van der Waals surface area (Å²) in [5.74, 6) is 0.539. The number of carbonyl (C=O) groups excluding carboxylic acids is 1. The van der Waals surface area contributed by atoms with Crippen molar-refractivity contribution in [3.8, 4) is 5.75 Å². The Morgan fingerprint density at radius 1 is 1.21 bits per heavy atom. The molecule has 2 nitrogen and oxygen atoms in total. The molecule has 19 heavy (non-hydrogen) atoms. The highest BCUT2D eigenvalue weighted by atomic mass is 35.5. The number of aryl methyl sites for hydroxylation is 1. The summed E-state index contributed by atoms with van der Waals surface area (Å²) < 4.78 is 5.63. The van der Waals surface area contributed by atoms with E-state index < -0.39 is 0 Å². The summed E-state index contributed by atoms with van der Waals surface area (Å²) >= 11 is 12.0. The molecule has 0 radical (unpaired) electrons. The maximum Gasteiger partial charge on any atom is 0.153 e. The van der Waals surface area contributed by atoms with Crippen LogP contribution in [0, 0.1) is 6.92 Å². The summed E-state index contributed by atoms with van der Waals surface area (Å²) in [6.07, 6.45) is 0.780. The Labute approximate surface area is 121 Å². The monoisotopic (exact) mass is 294 g/mol. The molecule has 0 fully saturated rings. The van der Waals surface area contributed by atoms with Crippen molar-refractivity contribution in [1.82, 2.24) is 0 Å². The van der Waals surface area contributed by atoms with E-state index in [1.807, 2.05) is 25.1 Å². The molecule has 2 rings (SSSR count). The molecule has 0 aromatic heterocycles. The molecule has 2 aromatic rings.